The van der Waals surface area contributed by atoms with Crippen LogP contribution in [0.1, 0.15) is 39.5 Å². The van der Waals surface area contributed by atoms with E-state index in [0.29, 0.717) is 0 Å². The molecular weight excluding hydrogens is 112 g/mol. The molecule has 1 unspecified atom stereocenters. The molecule has 0 bridgehead atoms. The summed E-state index contributed by atoms with van der Waals surface area (Å²) in [6.45, 7) is 4.16. The fraction of sp³-hybridized carbons (Fsp3) is 1.00. The molecule has 2 atom stereocenters. The normalized spacial score (nSPS) is 45.0. The first-order valence-electron chi connectivity index (χ1n) is 3.82. The molecule has 1 nitrogen and oxygen atoms in total. The maximum absolute atomic E-state index is 9.54. The van der Waals surface area contributed by atoms with Crippen LogP contribution in [0.2, 0.25) is 0 Å². The third-order valence-corrected chi connectivity index (χ3v) is 2.20. The van der Waals surface area contributed by atoms with Crippen LogP contribution in [0.25, 0.3) is 0 Å². The fourth-order valence-corrected chi connectivity index (χ4v) is 1.79. The van der Waals surface area contributed by atoms with Crippen LogP contribution in [0.5, 0.6) is 0 Å². The van der Waals surface area contributed by atoms with Gasteiger partial charge in [-0.3, -0.25) is 0 Å². The summed E-state index contributed by atoms with van der Waals surface area (Å²) < 4.78 is 0. The zero-order valence-corrected chi connectivity index (χ0v) is 6.35. The summed E-state index contributed by atoms with van der Waals surface area (Å²) in [7, 11) is 0. The first-order chi connectivity index (χ1) is 4.10. The van der Waals surface area contributed by atoms with Gasteiger partial charge in [0.05, 0.1) is 5.60 Å². The second-order valence-corrected chi connectivity index (χ2v) is 3.70. The van der Waals surface area contributed by atoms with Gasteiger partial charge in [-0.25, -0.2) is 0 Å². The summed E-state index contributed by atoms with van der Waals surface area (Å²) in [6, 6.07) is 0. The van der Waals surface area contributed by atoms with Gasteiger partial charge in [0, 0.05) is 0 Å². The second-order valence-electron chi connectivity index (χ2n) is 3.70. The van der Waals surface area contributed by atoms with Crippen molar-refractivity contribution in [2.75, 3.05) is 0 Å². The lowest BCUT2D eigenvalue weighted by atomic mass is 9.80. The minimum atomic E-state index is -0.350. The molecule has 0 amide bonds. The topological polar surface area (TPSA) is 20.2 Å². The van der Waals surface area contributed by atoms with Gasteiger partial charge in [0.25, 0.3) is 0 Å². The van der Waals surface area contributed by atoms with Crippen LogP contribution >= 0.6 is 0 Å². The Labute approximate surface area is 57.1 Å². The largest absolute Gasteiger partial charge is 0.390 e. The van der Waals surface area contributed by atoms with Crippen LogP contribution < -0.4 is 0 Å². The molecule has 0 aliphatic heterocycles. The smallest absolute Gasteiger partial charge is 0.0622 e. The molecule has 0 aromatic carbocycles. The van der Waals surface area contributed by atoms with Crippen LogP contribution in [0.3, 0.4) is 0 Å². The summed E-state index contributed by atoms with van der Waals surface area (Å²) in [6.07, 6.45) is 4.49. The van der Waals surface area contributed by atoms with E-state index in [1.165, 1.54) is 12.8 Å². The quantitative estimate of drug-likeness (QED) is 0.528. The van der Waals surface area contributed by atoms with Crippen molar-refractivity contribution in [2.45, 2.75) is 45.1 Å². The lowest BCUT2D eigenvalue weighted by molar-refractivity contribution is 0.00461. The molecule has 0 radical (unpaired) electrons. The Hall–Kier alpha value is -0.0400. The highest BCUT2D eigenvalue weighted by molar-refractivity contribution is 4.79. The Morgan fingerprint density at radius 2 is 2.22 bits per heavy atom. The molecule has 54 valence electrons. The predicted molar refractivity (Wildman–Crippen MR) is 38.3 cm³/mol. The summed E-state index contributed by atoms with van der Waals surface area (Å²) in [5.74, 6) is 0.730. The summed E-state index contributed by atoms with van der Waals surface area (Å²) >= 11 is 0. The predicted octanol–water partition coefficient (Wildman–Crippen LogP) is 1.95. The van der Waals surface area contributed by atoms with E-state index in [-0.39, 0.29) is 5.60 Å². The Bertz CT molecular complexity index is 96.7. The zero-order chi connectivity index (χ0) is 6.91. The van der Waals surface area contributed by atoms with Crippen molar-refractivity contribution in [3.8, 4) is 0 Å². The van der Waals surface area contributed by atoms with Gasteiger partial charge < -0.3 is 5.11 Å². The van der Waals surface area contributed by atoms with E-state index in [9.17, 15) is 5.11 Å². The Morgan fingerprint density at radius 1 is 1.56 bits per heavy atom. The summed E-state index contributed by atoms with van der Waals surface area (Å²) in [5.41, 5.74) is -0.350. The van der Waals surface area contributed by atoms with Gasteiger partial charge in [0.15, 0.2) is 0 Å². The van der Waals surface area contributed by atoms with E-state index < -0.39 is 0 Å². The first kappa shape index (κ1) is 7.07. The van der Waals surface area contributed by atoms with Crippen molar-refractivity contribution in [3.63, 3.8) is 0 Å². The highest BCUT2D eigenvalue weighted by Crippen LogP contribution is 2.31. The molecule has 0 spiro atoms. The average molecular weight is 128 g/mol. The minimum Gasteiger partial charge on any atom is -0.390 e. The molecule has 1 rings (SSSR count). The molecule has 1 saturated carbocycles. The molecule has 1 aliphatic rings. The molecule has 0 aromatic rings. The highest BCUT2D eigenvalue weighted by atomic mass is 16.3. The molecule has 0 aromatic heterocycles. The van der Waals surface area contributed by atoms with Crippen molar-refractivity contribution in [2.24, 2.45) is 5.92 Å². The van der Waals surface area contributed by atoms with E-state index in [1.54, 1.807) is 0 Å². The molecule has 1 aliphatic carbocycles. The van der Waals surface area contributed by atoms with Gasteiger partial charge in [-0.2, -0.15) is 0 Å². The van der Waals surface area contributed by atoms with E-state index in [0.717, 1.165) is 18.8 Å². The number of aliphatic hydroxyl groups is 1. The third-order valence-electron chi connectivity index (χ3n) is 2.20. The Kier molecular flexibility index (Phi) is 1.80. The van der Waals surface area contributed by atoms with E-state index >= 15 is 0 Å². The van der Waals surface area contributed by atoms with E-state index in [4.69, 9.17) is 0 Å². The maximum Gasteiger partial charge on any atom is 0.0622 e. The van der Waals surface area contributed by atoms with Crippen molar-refractivity contribution < 1.29 is 5.11 Å². The van der Waals surface area contributed by atoms with Crippen molar-refractivity contribution in [1.82, 2.24) is 0 Å². The lowest BCUT2D eigenvalue weighted by Crippen LogP contribution is -2.30. The Balaban J connectivity index is 2.41. The fourth-order valence-electron chi connectivity index (χ4n) is 1.79. The van der Waals surface area contributed by atoms with Crippen LogP contribution in [0.15, 0.2) is 0 Å². The summed E-state index contributed by atoms with van der Waals surface area (Å²) in [4.78, 5) is 0. The standard InChI is InChI=1S/C8H16O/c1-7-4-3-5-8(2,9)6-7/h7,9H,3-6H2,1-2H3/t7?,8-/m1/s1. The van der Waals surface area contributed by atoms with Crippen LogP contribution in [-0.2, 0) is 0 Å². The molecular formula is C8H16O. The Morgan fingerprint density at radius 3 is 2.56 bits per heavy atom. The van der Waals surface area contributed by atoms with Gasteiger partial charge in [-0.15, -0.1) is 0 Å². The average Bonchev–Trinajstić information content (AvgIpc) is 1.60. The van der Waals surface area contributed by atoms with Crippen molar-refractivity contribution in [3.05, 3.63) is 0 Å². The first-order valence-corrected chi connectivity index (χ1v) is 3.82. The van der Waals surface area contributed by atoms with Gasteiger partial charge >= 0.3 is 0 Å². The minimum absolute atomic E-state index is 0.350. The second kappa shape index (κ2) is 2.30. The van der Waals surface area contributed by atoms with Gasteiger partial charge in [-0.1, -0.05) is 19.8 Å². The molecule has 0 heterocycles. The van der Waals surface area contributed by atoms with Crippen molar-refractivity contribution in [1.29, 1.82) is 0 Å². The molecule has 9 heavy (non-hydrogen) atoms. The van der Waals surface area contributed by atoms with E-state index in [2.05, 4.69) is 6.92 Å². The highest BCUT2D eigenvalue weighted by Gasteiger charge is 2.26. The maximum atomic E-state index is 9.54. The lowest BCUT2D eigenvalue weighted by Gasteiger charge is -2.31. The van der Waals surface area contributed by atoms with Gasteiger partial charge in [0.2, 0.25) is 0 Å². The van der Waals surface area contributed by atoms with Crippen LogP contribution in [0, 0.1) is 5.92 Å². The number of hydrogen-bond acceptors (Lipinski definition) is 1. The SMILES string of the molecule is CC1CCC[C@@](C)(O)C1. The molecule has 1 N–H and O–H groups in total. The third kappa shape index (κ3) is 1.98. The number of hydrogen-bond donors (Lipinski definition) is 1. The van der Waals surface area contributed by atoms with Crippen LogP contribution in [-0.4, -0.2) is 10.7 Å². The molecule has 1 heteroatoms. The van der Waals surface area contributed by atoms with Gasteiger partial charge in [0.1, 0.15) is 0 Å². The molecule has 1 fully saturated rings. The van der Waals surface area contributed by atoms with Crippen molar-refractivity contribution >= 4 is 0 Å². The summed E-state index contributed by atoms with van der Waals surface area (Å²) in [5, 5.41) is 9.54. The zero-order valence-electron chi connectivity index (χ0n) is 6.35. The monoisotopic (exact) mass is 128 g/mol. The van der Waals surface area contributed by atoms with E-state index in [1.807, 2.05) is 6.92 Å². The van der Waals surface area contributed by atoms with Gasteiger partial charge in [-0.05, 0) is 25.7 Å². The number of rotatable bonds is 0. The van der Waals surface area contributed by atoms with Crippen LogP contribution in [0.4, 0.5) is 0 Å². The molecule has 0 saturated heterocycles.